The van der Waals surface area contributed by atoms with Gasteiger partial charge < -0.3 is 15.1 Å². The number of rotatable bonds is 5. The monoisotopic (exact) mass is 402 g/mol. The third kappa shape index (κ3) is 4.84. The molecule has 3 rings (SSSR count). The maximum Gasteiger partial charge on any atom is 0.416 e. The molecule has 2 aromatic carbocycles. The van der Waals surface area contributed by atoms with Gasteiger partial charge in [0.15, 0.2) is 5.76 Å². The summed E-state index contributed by atoms with van der Waals surface area (Å²) in [7, 11) is 0. The van der Waals surface area contributed by atoms with Gasteiger partial charge in [0, 0.05) is 23.4 Å². The highest BCUT2D eigenvalue weighted by molar-refractivity contribution is 6.03. The number of carbonyl (C=O) groups excluding carboxylic acids is 2. The molecule has 0 radical (unpaired) electrons. The highest BCUT2D eigenvalue weighted by atomic mass is 19.4. The molecule has 2 N–H and O–H groups in total. The Kier molecular flexibility index (Phi) is 5.72. The predicted octanol–water partition coefficient (Wildman–Crippen LogP) is 4.97. The first-order valence-corrected chi connectivity index (χ1v) is 8.75. The van der Waals surface area contributed by atoms with Crippen LogP contribution in [0.4, 0.5) is 18.9 Å². The van der Waals surface area contributed by atoms with E-state index in [0.29, 0.717) is 17.8 Å². The summed E-state index contributed by atoms with van der Waals surface area (Å²) in [4.78, 5) is 24.1. The van der Waals surface area contributed by atoms with Crippen molar-refractivity contribution in [2.45, 2.75) is 13.1 Å². The molecule has 1 aromatic heterocycles. The van der Waals surface area contributed by atoms with Gasteiger partial charge >= 0.3 is 6.18 Å². The van der Waals surface area contributed by atoms with Gasteiger partial charge in [-0.3, -0.25) is 9.59 Å². The molecule has 2 amide bonds. The number of benzene rings is 2. The average molecular weight is 402 g/mol. The Hall–Kier alpha value is -3.55. The number of amides is 2. The molecule has 8 heteroatoms. The van der Waals surface area contributed by atoms with E-state index in [4.69, 9.17) is 4.42 Å². The van der Waals surface area contributed by atoms with Gasteiger partial charge in [-0.15, -0.1) is 0 Å². The number of nitrogens with one attached hydrogen (secondary N) is 2. The van der Waals surface area contributed by atoms with Gasteiger partial charge in [0.05, 0.1) is 5.56 Å². The Morgan fingerprint density at radius 2 is 1.69 bits per heavy atom. The van der Waals surface area contributed by atoms with Crippen LogP contribution >= 0.6 is 0 Å². The normalized spacial score (nSPS) is 11.2. The summed E-state index contributed by atoms with van der Waals surface area (Å²) in [6.07, 6.45) is -4.47. The van der Waals surface area contributed by atoms with E-state index >= 15 is 0 Å². The molecule has 0 saturated heterocycles. The zero-order valence-electron chi connectivity index (χ0n) is 15.3. The van der Waals surface area contributed by atoms with E-state index in [1.807, 2.05) is 6.92 Å². The van der Waals surface area contributed by atoms with Crippen molar-refractivity contribution in [3.63, 3.8) is 0 Å². The molecule has 0 aliphatic carbocycles. The van der Waals surface area contributed by atoms with Crippen molar-refractivity contribution >= 4 is 17.5 Å². The highest BCUT2D eigenvalue weighted by Crippen LogP contribution is 2.32. The standard InChI is InChI=1S/C21H17F3N2O3/c1-2-25-19(27)13-6-8-16(9-7-13)26-20(28)18-11-10-17(29-18)14-4-3-5-15(12-14)21(22,23)24/h3-12H,2H2,1H3,(H,25,27)(H,26,28). The predicted molar refractivity (Wildman–Crippen MR) is 102 cm³/mol. The minimum absolute atomic E-state index is 0.0507. The SMILES string of the molecule is CCNC(=O)c1ccc(NC(=O)c2ccc(-c3cccc(C(F)(F)F)c3)o2)cc1. The third-order valence-electron chi connectivity index (χ3n) is 4.05. The molecule has 0 unspecified atom stereocenters. The van der Waals surface area contributed by atoms with E-state index in [-0.39, 0.29) is 23.0 Å². The molecule has 0 aliphatic heterocycles. The number of anilines is 1. The van der Waals surface area contributed by atoms with Gasteiger partial charge in [-0.1, -0.05) is 12.1 Å². The fourth-order valence-corrected chi connectivity index (χ4v) is 2.62. The maximum atomic E-state index is 12.9. The molecular formula is C21H17F3N2O3. The zero-order valence-corrected chi connectivity index (χ0v) is 15.3. The second kappa shape index (κ2) is 8.22. The number of hydrogen-bond acceptors (Lipinski definition) is 3. The van der Waals surface area contributed by atoms with Gasteiger partial charge in [-0.2, -0.15) is 13.2 Å². The molecule has 1 heterocycles. The largest absolute Gasteiger partial charge is 0.451 e. The smallest absolute Gasteiger partial charge is 0.416 e. The Labute approximate surface area is 164 Å². The molecule has 150 valence electrons. The highest BCUT2D eigenvalue weighted by Gasteiger charge is 2.30. The fourth-order valence-electron chi connectivity index (χ4n) is 2.62. The average Bonchev–Trinajstić information content (AvgIpc) is 3.19. The van der Waals surface area contributed by atoms with Crippen molar-refractivity contribution in [2.24, 2.45) is 0 Å². The first kappa shape index (κ1) is 20.2. The molecule has 3 aromatic rings. The van der Waals surface area contributed by atoms with Gasteiger partial charge in [0.1, 0.15) is 5.76 Å². The lowest BCUT2D eigenvalue weighted by molar-refractivity contribution is -0.137. The number of alkyl halides is 3. The summed E-state index contributed by atoms with van der Waals surface area (Å²) in [6, 6.07) is 13.8. The quantitative estimate of drug-likeness (QED) is 0.633. The molecule has 0 aliphatic rings. The zero-order chi connectivity index (χ0) is 21.0. The van der Waals surface area contributed by atoms with E-state index < -0.39 is 17.6 Å². The van der Waals surface area contributed by atoms with Gasteiger partial charge in [-0.25, -0.2) is 0 Å². The van der Waals surface area contributed by atoms with Gasteiger partial charge in [0.25, 0.3) is 11.8 Å². The summed E-state index contributed by atoms with van der Waals surface area (Å²) in [5.74, 6) is -0.686. The van der Waals surface area contributed by atoms with Crippen molar-refractivity contribution in [3.05, 3.63) is 77.6 Å². The summed E-state index contributed by atoms with van der Waals surface area (Å²) >= 11 is 0. The Bertz CT molecular complexity index is 1020. The Morgan fingerprint density at radius 3 is 2.34 bits per heavy atom. The second-order valence-electron chi connectivity index (χ2n) is 6.13. The Balaban J connectivity index is 1.72. The summed E-state index contributed by atoms with van der Waals surface area (Å²) in [5, 5.41) is 5.28. The molecule has 0 spiro atoms. The maximum absolute atomic E-state index is 12.9. The second-order valence-corrected chi connectivity index (χ2v) is 6.13. The van der Waals surface area contributed by atoms with E-state index in [9.17, 15) is 22.8 Å². The summed E-state index contributed by atoms with van der Waals surface area (Å²) < 4.78 is 44.0. The van der Waals surface area contributed by atoms with Crippen LogP contribution in [0.15, 0.2) is 65.1 Å². The third-order valence-corrected chi connectivity index (χ3v) is 4.05. The minimum atomic E-state index is -4.47. The first-order valence-electron chi connectivity index (χ1n) is 8.75. The fraction of sp³-hybridized carbons (Fsp3) is 0.143. The van der Waals surface area contributed by atoms with Gasteiger partial charge in [-0.05, 0) is 55.5 Å². The van der Waals surface area contributed by atoms with Crippen LogP contribution in [0.5, 0.6) is 0 Å². The van der Waals surface area contributed by atoms with Crippen molar-refractivity contribution in [1.82, 2.24) is 5.32 Å². The number of hydrogen-bond donors (Lipinski definition) is 2. The molecular weight excluding hydrogens is 385 g/mol. The first-order chi connectivity index (χ1) is 13.8. The lowest BCUT2D eigenvalue weighted by atomic mass is 10.1. The van der Waals surface area contributed by atoms with E-state index in [1.165, 1.54) is 24.3 Å². The van der Waals surface area contributed by atoms with Crippen molar-refractivity contribution in [2.75, 3.05) is 11.9 Å². The topological polar surface area (TPSA) is 71.3 Å². The summed E-state index contributed by atoms with van der Waals surface area (Å²) in [5.41, 5.74) is 0.310. The van der Waals surface area contributed by atoms with E-state index in [0.717, 1.165) is 12.1 Å². The van der Waals surface area contributed by atoms with Gasteiger partial charge in [0.2, 0.25) is 0 Å². The van der Waals surface area contributed by atoms with Crippen LogP contribution in [0.3, 0.4) is 0 Å². The number of carbonyl (C=O) groups is 2. The van der Waals surface area contributed by atoms with Crippen molar-refractivity contribution < 1.29 is 27.2 Å². The van der Waals surface area contributed by atoms with Crippen molar-refractivity contribution in [1.29, 1.82) is 0 Å². The van der Waals surface area contributed by atoms with Crippen LogP contribution in [-0.2, 0) is 6.18 Å². The molecule has 29 heavy (non-hydrogen) atoms. The van der Waals surface area contributed by atoms with E-state index in [2.05, 4.69) is 10.6 Å². The minimum Gasteiger partial charge on any atom is -0.451 e. The van der Waals surface area contributed by atoms with Crippen LogP contribution < -0.4 is 10.6 Å². The lowest BCUT2D eigenvalue weighted by Crippen LogP contribution is -2.22. The van der Waals surface area contributed by atoms with Crippen LogP contribution in [0.1, 0.15) is 33.4 Å². The van der Waals surface area contributed by atoms with E-state index in [1.54, 1.807) is 24.3 Å². The number of furan rings is 1. The molecule has 5 nitrogen and oxygen atoms in total. The van der Waals surface area contributed by atoms with Crippen LogP contribution in [0.25, 0.3) is 11.3 Å². The lowest BCUT2D eigenvalue weighted by Gasteiger charge is -2.07. The molecule has 0 fully saturated rings. The van der Waals surface area contributed by atoms with Crippen LogP contribution in [0, 0.1) is 0 Å². The summed E-state index contributed by atoms with van der Waals surface area (Å²) in [6.45, 7) is 2.31. The molecule has 0 saturated carbocycles. The molecule has 0 atom stereocenters. The van der Waals surface area contributed by atoms with Crippen LogP contribution in [-0.4, -0.2) is 18.4 Å². The molecule has 0 bridgehead atoms. The van der Waals surface area contributed by atoms with Crippen molar-refractivity contribution in [3.8, 4) is 11.3 Å². The number of halogens is 3. The van der Waals surface area contributed by atoms with Crippen LogP contribution in [0.2, 0.25) is 0 Å². The Morgan fingerprint density at radius 1 is 0.966 bits per heavy atom.